The summed E-state index contributed by atoms with van der Waals surface area (Å²) in [4.78, 5) is 0. The van der Waals surface area contributed by atoms with Gasteiger partial charge in [0, 0.05) is 19.3 Å². The van der Waals surface area contributed by atoms with E-state index in [4.69, 9.17) is 4.74 Å². The number of hydrogen-bond acceptors (Lipinski definition) is 1. The molecule has 1 aliphatic carbocycles. The first-order valence-electron chi connectivity index (χ1n) is 12.7. The lowest BCUT2D eigenvalue weighted by Gasteiger charge is -2.29. The molecular formula is C29H40F2O. The van der Waals surface area contributed by atoms with Crippen molar-refractivity contribution in [1.29, 1.82) is 0 Å². The van der Waals surface area contributed by atoms with E-state index in [1.807, 2.05) is 30.3 Å². The largest absolute Gasteiger partial charge is 0.385 e. The summed E-state index contributed by atoms with van der Waals surface area (Å²) in [7, 11) is 1.76. The lowest BCUT2D eigenvalue weighted by Crippen LogP contribution is -2.15. The van der Waals surface area contributed by atoms with E-state index in [2.05, 4.69) is 6.92 Å². The zero-order chi connectivity index (χ0) is 22.8. The smallest absolute Gasteiger partial charge is 0.166 e. The zero-order valence-corrected chi connectivity index (χ0v) is 20.0. The van der Waals surface area contributed by atoms with Gasteiger partial charge in [0.05, 0.1) is 0 Å². The predicted octanol–water partition coefficient (Wildman–Crippen LogP) is 8.85. The minimum atomic E-state index is -0.693. The lowest BCUT2D eigenvalue weighted by atomic mass is 9.76. The van der Waals surface area contributed by atoms with E-state index in [1.165, 1.54) is 37.7 Å². The number of benzene rings is 2. The molecule has 0 atom stereocenters. The Hall–Kier alpha value is -1.74. The second kappa shape index (κ2) is 13.1. The first-order chi connectivity index (χ1) is 15.6. The van der Waals surface area contributed by atoms with Crippen molar-refractivity contribution in [3.63, 3.8) is 0 Å². The van der Waals surface area contributed by atoms with Crippen LogP contribution in [0.3, 0.4) is 0 Å². The van der Waals surface area contributed by atoms with Gasteiger partial charge in [-0.05, 0) is 67.1 Å². The molecule has 0 spiro atoms. The van der Waals surface area contributed by atoms with E-state index in [-0.39, 0.29) is 5.92 Å². The standard InChI is InChI=1S/C29H40F2O/c1-3-9-22-11-15-24(16-12-22)26-19-20-27(29(31)28(26)30)25-17-13-23(14-18-25)10-7-5-4-6-8-21-32-2/h11-12,15-16,19-20,23,25H,3-10,13-14,17-18,21H2,1-2H3. The maximum atomic E-state index is 15.0. The molecule has 0 aromatic heterocycles. The van der Waals surface area contributed by atoms with Gasteiger partial charge in [-0.3, -0.25) is 0 Å². The molecule has 1 nitrogen and oxygen atoms in total. The van der Waals surface area contributed by atoms with Crippen LogP contribution in [0.15, 0.2) is 36.4 Å². The van der Waals surface area contributed by atoms with Crippen LogP contribution >= 0.6 is 0 Å². The van der Waals surface area contributed by atoms with E-state index in [0.717, 1.165) is 63.0 Å². The molecule has 0 amide bonds. The van der Waals surface area contributed by atoms with Crippen LogP contribution in [0.1, 0.15) is 94.6 Å². The predicted molar refractivity (Wildman–Crippen MR) is 130 cm³/mol. The Morgan fingerprint density at radius 3 is 2.19 bits per heavy atom. The average Bonchev–Trinajstić information content (AvgIpc) is 2.82. The zero-order valence-electron chi connectivity index (χ0n) is 20.0. The first-order valence-corrected chi connectivity index (χ1v) is 12.7. The Morgan fingerprint density at radius 1 is 0.812 bits per heavy atom. The highest BCUT2D eigenvalue weighted by molar-refractivity contribution is 5.65. The Balaban J connectivity index is 1.51. The summed E-state index contributed by atoms with van der Waals surface area (Å²) in [5, 5.41) is 0. The Bertz CT molecular complexity index is 807. The molecular weight excluding hydrogens is 402 g/mol. The minimum Gasteiger partial charge on any atom is -0.385 e. The number of methoxy groups -OCH3 is 1. The van der Waals surface area contributed by atoms with Gasteiger partial charge < -0.3 is 4.74 Å². The van der Waals surface area contributed by atoms with Gasteiger partial charge in [-0.2, -0.15) is 0 Å². The molecule has 0 bridgehead atoms. The van der Waals surface area contributed by atoms with Crippen LogP contribution in [0.25, 0.3) is 11.1 Å². The molecule has 1 fully saturated rings. The molecule has 0 saturated heterocycles. The van der Waals surface area contributed by atoms with Crippen LogP contribution in [0.4, 0.5) is 8.78 Å². The molecule has 2 aromatic carbocycles. The number of halogens is 2. The highest BCUT2D eigenvalue weighted by Gasteiger charge is 2.26. The summed E-state index contributed by atoms with van der Waals surface area (Å²) in [6, 6.07) is 11.5. The number of hydrogen-bond donors (Lipinski definition) is 0. The third-order valence-electron chi connectivity index (χ3n) is 7.16. The van der Waals surface area contributed by atoms with Crippen LogP contribution in [0.5, 0.6) is 0 Å². The molecule has 0 aliphatic heterocycles. The molecule has 1 aliphatic rings. The number of rotatable bonds is 12. The Morgan fingerprint density at radius 2 is 1.50 bits per heavy atom. The Kier molecular flexibility index (Phi) is 10.2. The number of ether oxygens (including phenoxy) is 1. The fourth-order valence-electron chi connectivity index (χ4n) is 5.21. The van der Waals surface area contributed by atoms with Gasteiger partial charge >= 0.3 is 0 Å². The molecule has 3 heteroatoms. The van der Waals surface area contributed by atoms with Crippen LogP contribution in [-0.2, 0) is 11.2 Å². The third kappa shape index (κ3) is 6.88. The summed E-state index contributed by atoms with van der Waals surface area (Å²) in [6.45, 7) is 3.01. The van der Waals surface area contributed by atoms with Crippen LogP contribution in [0, 0.1) is 17.6 Å². The summed E-state index contributed by atoms with van der Waals surface area (Å²) in [5.41, 5.74) is 2.93. The van der Waals surface area contributed by atoms with Crippen LogP contribution in [0.2, 0.25) is 0 Å². The SMILES string of the molecule is CCCc1ccc(-c2ccc(C3CCC(CCCCCCCOC)CC3)c(F)c2F)cc1. The highest BCUT2D eigenvalue weighted by atomic mass is 19.2. The molecule has 0 N–H and O–H groups in total. The number of unbranched alkanes of at least 4 members (excludes halogenated alkanes) is 4. The van der Waals surface area contributed by atoms with Crippen molar-refractivity contribution in [2.75, 3.05) is 13.7 Å². The monoisotopic (exact) mass is 442 g/mol. The fraction of sp³-hybridized carbons (Fsp3) is 0.586. The van der Waals surface area contributed by atoms with Gasteiger partial charge in [0.2, 0.25) is 0 Å². The van der Waals surface area contributed by atoms with Gasteiger partial charge in [0.1, 0.15) is 0 Å². The fourth-order valence-corrected chi connectivity index (χ4v) is 5.21. The van der Waals surface area contributed by atoms with Crippen molar-refractivity contribution in [2.24, 2.45) is 5.92 Å². The molecule has 3 rings (SSSR count). The summed E-state index contributed by atoms with van der Waals surface area (Å²) < 4.78 is 35.1. The van der Waals surface area contributed by atoms with E-state index in [1.54, 1.807) is 13.2 Å². The molecule has 1 saturated carbocycles. The van der Waals surface area contributed by atoms with E-state index in [0.29, 0.717) is 11.1 Å². The lowest BCUT2D eigenvalue weighted by molar-refractivity contribution is 0.191. The van der Waals surface area contributed by atoms with Crippen molar-refractivity contribution in [3.05, 3.63) is 59.2 Å². The quantitative estimate of drug-likeness (QED) is 0.298. The molecule has 0 heterocycles. The Labute approximate surface area is 193 Å². The summed E-state index contributed by atoms with van der Waals surface area (Å²) >= 11 is 0. The third-order valence-corrected chi connectivity index (χ3v) is 7.16. The van der Waals surface area contributed by atoms with Gasteiger partial charge in [-0.25, -0.2) is 8.78 Å². The first kappa shape index (κ1) is 24.9. The van der Waals surface area contributed by atoms with E-state index in [9.17, 15) is 4.39 Å². The highest BCUT2D eigenvalue weighted by Crippen LogP contribution is 2.40. The topological polar surface area (TPSA) is 9.23 Å². The molecule has 32 heavy (non-hydrogen) atoms. The second-order valence-electron chi connectivity index (χ2n) is 9.54. The van der Waals surface area contributed by atoms with Gasteiger partial charge in [-0.1, -0.05) is 81.8 Å². The summed E-state index contributed by atoms with van der Waals surface area (Å²) in [5.74, 6) is -0.434. The molecule has 0 radical (unpaired) electrons. The number of aryl methyl sites for hydroxylation is 1. The van der Waals surface area contributed by atoms with E-state index < -0.39 is 11.6 Å². The van der Waals surface area contributed by atoms with Crippen molar-refractivity contribution >= 4 is 0 Å². The maximum Gasteiger partial charge on any atom is 0.166 e. The van der Waals surface area contributed by atoms with Crippen molar-refractivity contribution in [1.82, 2.24) is 0 Å². The van der Waals surface area contributed by atoms with Crippen molar-refractivity contribution < 1.29 is 13.5 Å². The van der Waals surface area contributed by atoms with Gasteiger partial charge in [0.15, 0.2) is 11.6 Å². The molecule has 0 unspecified atom stereocenters. The van der Waals surface area contributed by atoms with Crippen molar-refractivity contribution in [3.8, 4) is 11.1 Å². The normalized spacial score (nSPS) is 18.8. The minimum absolute atomic E-state index is 0.149. The van der Waals surface area contributed by atoms with Crippen LogP contribution < -0.4 is 0 Å². The van der Waals surface area contributed by atoms with Crippen molar-refractivity contribution in [2.45, 2.75) is 89.9 Å². The summed E-state index contributed by atoms with van der Waals surface area (Å²) in [6.07, 6.45) is 13.9. The van der Waals surface area contributed by atoms with Crippen LogP contribution in [-0.4, -0.2) is 13.7 Å². The average molecular weight is 443 g/mol. The molecule has 176 valence electrons. The van der Waals surface area contributed by atoms with E-state index >= 15 is 4.39 Å². The maximum absolute atomic E-state index is 15.0. The second-order valence-corrected chi connectivity index (χ2v) is 9.54. The van der Waals surface area contributed by atoms with Gasteiger partial charge in [-0.15, -0.1) is 0 Å². The molecule has 2 aromatic rings. The van der Waals surface area contributed by atoms with Gasteiger partial charge in [0.25, 0.3) is 0 Å².